The molecule has 6 heteroatoms. The molecule has 0 aromatic rings. The van der Waals surface area contributed by atoms with Crippen LogP contribution in [0.3, 0.4) is 0 Å². The minimum absolute atomic E-state index is 0.145. The Bertz CT molecular complexity index is 348. The summed E-state index contributed by atoms with van der Waals surface area (Å²) in [6.45, 7) is 4.20. The second-order valence-corrected chi connectivity index (χ2v) is 5.47. The van der Waals surface area contributed by atoms with Gasteiger partial charge in [0.05, 0.1) is 6.54 Å². The van der Waals surface area contributed by atoms with Gasteiger partial charge in [-0.05, 0) is 19.4 Å². The molecule has 2 amide bonds. The number of hydrogen-bond acceptors (Lipinski definition) is 4. The second kappa shape index (κ2) is 6.34. The normalized spacial score (nSPS) is 23.6. The first-order valence-electron chi connectivity index (χ1n) is 7.07. The molecule has 2 aliphatic rings. The zero-order valence-corrected chi connectivity index (χ0v) is 11.7. The van der Waals surface area contributed by atoms with Crippen molar-refractivity contribution in [1.29, 1.82) is 0 Å². The van der Waals surface area contributed by atoms with Gasteiger partial charge in [0.2, 0.25) is 11.8 Å². The fraction of sp³-hybridized carbons (Fsp3) is 0.846. The van der Waals surface area contributed by atoms with Gasteiger partial charge in [0.25, 0.3) is 0 Å². The monoisotopic (exact) mass is 268 g/mol. The number of fused-ring (bicyclic) bond motifs is 1. The van der Waals surface area contributed by atoms with Crippen LogP contribution in [0.25, 0.3) is 0 Å². The standard InChI is InChI=1S/C13H24N4O2/c1-15(6-2-5-14)13(19)10-16-7-8-17-11(9-16)3-4-12(17)18/h11H,2-10,14H2,1H3. The minimum Gasteiger partial charge on any atom is -0.345 e. The number of piperazine rings is 1. The number of nitrogens with two attached hydrogens (primary N) is 1. The van der Waals surface area contributed by atoms with Gasteiger partial charge in [0, 0.05) is 45.7 Å². The third-order valence-corrected chi connectivity index (χ3v) is 4.06. The maximum absolute atomic E-state index is 12.0. The van der Waals surface area contributed by atoms with Gasteiger partial charge in [0.1, 0.15) is 0 Å². The molecular weight excluding hydrogens is 244 g/mol. The Balaban J connectivity index is 1.78. The van der Waals surface area contributed by atoms with E-state index in [4.69, 9.17) is 5.73 Å². The van der Waals surface area contributed by atoms with E-state index >= 15 is 0 Å². The van der Waals surface area contributed by atoms with Crippen LogP contribution in [-0.2, 0) is 9.59 Å². The molecule has 0 radical (unpaired) electrons. The summed E-state index contributed by atoms with van der Waals surface area (Å²) in [4.78, 5) is 29.5. The summed E-state index contributed by atoms with van der Waals surface area (Å²) < 4.78 is 0. The van der Waals surface area contributed by atoms with Crippen molar-refractivity contribution >= 4 is 11.8 Å². The molecule has 2 aliphatic heterocycles. The van der Waals surface area contributed by atoms with Gasteiger partial charge in [-0.2, -0.15) is 0 Å². The summed E-state index contributed by atoms with van der Waals surface area (Å²) in [7, 11) is 1.83. The third-order valence-electron chi connectivity index (χ3n) is 4.06. The first-order chi connectivity index (χ1) is 9.11. The van der Waals surface area contributed by atoms with Crippen molar-refractivity contribution in [2.45, 2.75) is 25.3 Å². The number of carbonyl (C=O) groups is 2. The van der Waals surface area contributed by atoms with Crippen LogP contribution in [0.15, 0.2) is 0 Å². The molecular formula is C13H24N4O2. The molecule has 0 aromatic heterocycles. The highest BCUT2D eigenvalue weighted by atomic mass is 16.2. The average molecular weight is 268 g/mol. The van der Waals surface area contributed by atoms with Gasteiger partial charge < -0.3 is 15.5 Å². The Morgan fingerprint density at radius 2 is 2.26 bits per heavy atom. The van der Waals surface area contributed by atoms with E-state index in [-0.39, 0.29) is 11.8 Å². The Morgan fingerprint density at radius 3 is 3.00 bits per heavy atom. The highest BCUT2D eigenvalue weighted by molar-refractivity contribution is 5.79. The van der Waals surface area contributed by atoms with Crippen molar-refractivity contribution in [2.24, 2.45) is 5.73 Å². The first-order valence-corrected chi connectivity index (χ1v) is 7.07. The van der Waals surface area contributed by atoms with Crippen LogP contribution >= 0.6 is 0 Å². The summed E-state index contributed by atoms with van der Waals surface area (Å²) in [6.07, 6.45) is 2.45. The number of hydrogen-bond donors (Lipinski definition) is 1. The molecule has 2 saturated heterocycles. The van der Waals surface area contributed by atoms with Crippen LogP contribution in [0.2, 0.25) is 0 Å². The lowest BCUT2D eigenvalue weighted by molar-refractivity contribution is -0.133. The topological polar surface area (TPSA) is 69.9 Å². The lowest BCUT2D eigenvalue weighted by Gasteiger charge is -2.37. The average Bonchev–Trinajstić information content (AvgIpc) is 2.77. The van der Waals surface area contributed by atoms with E-state index < -0.39 is 0 Å². The minimum atomic E-state index is 0.145. The van der Waals surface area contributed by atoms with E-state index in [9.17, 15) is 9.59 Å². The Morgan fingerprint density at radius 1 is 1.47 bits per heavy atom. The van der Waals surface area contributed by atoms with E-state index in [2.05, 4.69) is 4.90 Å². The van der Waals surface area contributed by atoms with E-state index in [1.165, 1.54) is 0 Å². The third kappa shape index (κ3) is 3.45. The molecule has 19 heavy (non-hydrogen) atoms. The molecule has 2 heterocycles. The van der Waals surface area contributed by atoms with E-state index in [1.54, 1.807) is 4.90 Å². The summed E-state index contributed by atoms with van der Waals surface area (Å²) in [6, 6.07) is 0.323. The van der Waals surface area contributed by atoms with Gasteiger partial charge in [-0.3, -0.25) is 14.5 Å². The highest BCUT2D eigenvalue weighted by Gasteiger charge is 2.35. The number of nitrogens with zero attached hydrogens (tertiary/aromatic N) is 3. The predicted molar refractivity (Wildman–Crippen MR) is 72.5 cm³/mol. The van der Waals surface area contributed by atoms with E-state index in [0.29, 0.717) is 25.6 Å². The first kappa shape index (κ1) is 14.3. The lowest BCUT2D eigenvalue weighted by atomic mass is 10.1. The maximum Gasteiger partial charge on any atom is 0.236 e. The highest BCUT2D eigenvalue weighted by Crippen LogP contribution is 2.22. The predicted octanol–water partition coefficient (Wildman–Crippen LogP) is -0.900. The van der Waals surface area contributed by atoms with Crippen LogP contribution in [0.1, 0.15) is 19.3 Å². The van der Waals surface area contributed by atoms with Crippen LogP contribution in [-0.4, -0.2) is 78.9 Å². The summed E-state index contributed by atoms with van der Waals surface area (Å²) in [5, 5.41) is 0. The Kier molecular flexibility index (Phi) is 4.76. The number of amides is 2. The molecule has 0 bridgehead atoms. The molecule has 108 valence electrons. The van der Waals surface area contributed by atoms with Gasteiger partial charge >= 0.3 is 0 Å². The van der Waals surface area contributed by atoms with Crippen molar-refractivity contribution in [3.8, 4) is 0 Å². The fourth-order valence-electron chi connectivity index (χ4n) is 2.84. The van der Waals surface area contributed by atoms with E-state index in [0.717, 1.165) is 39.0 Å². The van der Waals surface area contributed by atoms with Crippen molar-refractivity contribution < 1.29 is 9.59 Å². The number of carbonyl (C=O) groups excluding carboxylic acids is 2. The zero-order valence-electron chi connectivity index (χ0n) is 11.7. The molecule has 1 unspecified atom stereocenters. The summed E-state index contributed by atoms with van der Waals surface area (Å²) in [5.41, 5.74) is 5.45. The SMILES string of the molecule is CN(CCCN)C(=O)CN1CCN2C(=O)CCC2C1. The Hall–Kier alpha value is -1.14. The zero-order chi connectivity index (χ0) is 13.8. The van der Waals surface area contributed by atoms with Gasteiger partial charge in [-0.15, -0.1) is 0 Å². The molecule has 0 aliphatic carbocycles. The maximum atomic E-state index is 12.0. The second-order valence-electron chi connectivity index (χ2n) is 5.47. The van der Waals surface area contributed by atoms with Crippen LogP contribution < -0.4 is 5.73 Å². The quantitative estimate of drug-likeness (QED) is 0.701. The van der Waals surface area contributed by atoms with Crippen molar-refractivity contribution in [3.63, 3.8) is 0 Å². The van der Waals surface area contributed by atoms with E-state index in [1.807, 2.05) is 11.9 Å². The van der Waals surface area contributed by atoms with Crippen molar-refractivity contribution in [1.82, 2.24) is 14.7 Å². The molecule has 1 atom stereocenters. The molecule has 2 N–H and O–H groups in total. The fourth-order valence-corrected chi connectivity index (χ4v) is 2.84. The largest absolute Gasteiger partial charge is 0.345 e. The smallest absolute Gasteiger partial charge is 0.236 e. The Labute approximate surface area is 114 Å². The van der Waals surface area contributed by atoms with Crippen LogP contribution in [0, 0.1) is 0 Å². The van der Waals surface area contributed by atoms with Gasteiger partial charge in [0.15, 0.2) is 0 Å². The molecule has 0 saturated carbocycles. The number of likely N-dealkylation sites (N-methyl/N-ethyl adjacent to an activating group) is 1. The molecule has 2 rings (SSSR count). The van der Waals surface area contributed by atoms with Crippen molar-refractivity contribution in [3.05, 3.63) is 0 Å². The van der Waals surface area contributed by atoms with Crippen LogP contribution in [0.4, 0.5) is 0 Å². The van der Waals surface area contributed by atoms with Gasteiger partial charge in [-0.1, -0.05) is 0 Å². The van der Waals surface area contributed by atoms with Gasteiger partial charge in [-0.25, -0.2) is 0 Å². The molecule has 0 aromatic carbocycles. The summed E-state index contributed by atoms with van der Waals surface area (Å²) >= 11 is 0. The summed E-state index contributed by atoms with van der Waals surface area (Å²) in [5.74, 6) is 0.419. The van der Waals surface area contributed by atoms with Crippen LogP contribution in [0.5, 0.6) is 0 Å². The molecule has 2 fully saturated rings. The lowest BCUT2D eigenvalue weighted by Crippen LogP contribution is -2.53. The van der Waals surface area contributed by atoms with Crippen molar-refractivity contribution in [2.75, 3.05) is 46.3 Å². The number of rotatable bonds is 5. The molecule has 6 nitrogen and oxygen atoms in total. The molecule has 0 spiro atoms.